The van der Waals surface area contributed by atoms with Crippen LogP contribution in [0.2, 0.25) is 0 Å². The van der Waals surface area contributed by atoms with Gasteiger partial charge in [-0.15, -0.1) is 0 Å². The molecular weight excluding hydrogens is 164 g/mol. The van der Waals surface area contributed by atoms with Crippen LogP contribution in [0.15, 0.2) is 29.3 Å². The Hall–Kier alpha value is -1.51. The summed E-state index contributed by atoms with van der Waals surface area (Å²) < 4.78 is 5.02. The summed E-state index contributed by atoms with van der Waals surface area (Å²) in [4.78, 5) is 4.19. The molecule has 0 aliphatic heterocycles. The number of aliphatic imine (C=N–C) groups is 1. The molecule has 1 aromatic rings. The normalized spacial score (nSPS) is 11.4. The summed E-state index contributed by atoms with van der Waals surface area (Å²) in [5, 5.41) is 0. The third-order valence-electron chi connectivity index (χ3n) is 1.71. The number of hydrogen-bond acceptors (Lipinski definition) is 2. The lowest BCUT2D eigenvalue weighted by atomic mass is 10.3. The molecule has 1 aromatic carbocycles. The lowest BCUT2D eigenvalue weighted by Crippen LogP contribution is -2.08. The van der Waals surface area contributed by atoms with Crippen LogP contribution >= 0.6 is 0 Å². The zero-order chi connectivity index (χ0) is 9.68. The van der Waals surface area contributed by atoms with Crippen LogP contribution < -0.4 is 10.5 Å². The van der Waals surface area contributed by atoms with E-state index in [1.807, 2.05) is 31.2 Å². The molecule has 0 aliphatic rings. The molecule has 0 bridgehead atoms. The molecule has 0 aliphatic carbocycles. The minimum absolute atomic E-state index is 0.644. The van der Waals surface area contributed by atoms with Crippen LogP contribution in [0, 0.1) is 0 Å². The van der Waals surface area contributed by atoms with Crippen molar-refractivity contribution in [3.05, 3.63) is 24.3 Å². The van der Waals surface area contributed by atoms with E-state index in [-0.39, 0.29) is 0 Å². The van der Waals surface area contributed by atoms with Crippen molar-refractivity contribution in [1.82, 2.24) is 0 Å². The molecule has 0 atom stereocenters. The van der Waals surface area contributed by atoms with Crippen molar-refractivity contribution in [3.8, 4) is 5.75 Å². The third kappa shape index (κ3) is 2.78. The van der Waals surface area contributed by atoms with Gasteiger partial charge in [0.15, 0.2) is 0 Å². The summed E-state index contributed by atoms with van der Waals surface area (Å²) in [5.74, 6) is 1.47. The number of methoxy groups -OCH3 is 1. The molecule has 0 fully saturated rings. The Labute approximate surface area is 78.2 Å². The molecule has 70 valence electrons. The second-order valence-electron chi connectivity index (χ2n) is 2.65. The fraction of sp³-hybridized carbons (Fsp3) is 0.300. The van der Waals surface area contributed by atoms with E-state index < -0.39 is 0 Å². The van der Waals surface area contributed by atoms with Gasteiger partial charge in [0.05, 0.1) is 18.6 Å². The smallest absolute Gasteiger partial charge is 0.119 e. The highest BCUT2D eigenvalue weighted by Crippen LogP contribution is 2.17. The van der Waals surface area contributed by atoms with Crippen LogP contribution in [0.1, 0.15) is 13.3 Å². The van der Waals surface area contributed by atoms with Crippen molar-refractivity contribution in [2.45, 2.75) is 13.3 Å². The van der Waals surface area contributed by atoms with Gasteiger partial charge in [-0.1, -0.05) is 6.92 Å². The van der Waals surface area contributed by atoms with Crippen LogP contribution in [0.3, 0.4) is 0 Å². The van der Waals surface area contributed by atoms with Crippen molar-refractivity contribution in [2.75, 3.05) is 7.11 Å². The molecule has 1 rings (SSSR count). The monoisotopic (exact) mass is 178 g/mol. The highest BCUT2D eigenvalue weighted by atomic mass is 16.5. The molecule has 0 aromatic heterocycles. The first kappa shape index (κ1) is 9.58. The van der Waals surface area contributed by atoms with Crippen LogP contribution in [0.4, 0.5) is 5.69 Å². The molecule has 2 N–H and O–H groups in total. The lowest BCUT2D eigenvalue weighted by molar-refractivity contribution is 0.415. The number of benzene rings is 1. The number of amidine groups is 1. The van der Waals surface area contributed by atoms with Crippen LogP contribution in [0.5, 0.6) is 5.75 Å². The van der Waals surface area contributed by atoms with Gasteiger partial charge in [0.2, 0.25) is 0 Å². The number of nitrogens with zero attached hydrogens (tertiary/aromatic N) is 1. The maximum absolute atomic E-state index is 5.59. The summed E-state index contributed by atoms with van der Waals surface area (Å²) in [6.45, 7) is 1.97. The number of ether oxygens (including phenoxy) is 1. The number of rotatable bonds is 3. The molecule has 13 heavy (non-hydrogen) atoms. The van der Waals surface area contributed by atoms with Crippen molar-refractivity contribution in [1.29, 1.82) is 0 Å². The highest BCUT2D eigenvalue weighted by molar-refractivity contribution is 5.82. The van der Waals surface area contributed by atoms with Crippen molar-refractivity contribution < 1.29 is 4.74 Å². The van der Waals surface area contributed by atoms with Crippen molar-refractivity contribution in [3.63, 3.8) is 0 Å². The predicted molar refractivity (Wildman–Crippen MR) is 54.6 cm³/mol. The average Bonchev–Trinajstić information content (AvgIpc) is 2.19. The molecule has 3 heteroatoms. The molecular formula is C10H14N2O. The van der Waals surface area contributed by atoms with Gasteiger partial charge < -0.3 is 10.5 Å². The first-order valence-electron chi connectivity index (χ1n) is 4.23. The standard InChI is InChI=1S/C10H14N2O/c1-3-10(11)12-8-4-6-9(13-2)7-5-8/h4-7H,3H2,1-2H3,(H2,11,12). The van der Waals surface area contributed by atoms with Crippen LogP contribution in [-0.4, -0.2) is 12.9 Å². The van der Waals surface area contributed by atoms with Gasteiger partial charge >= 0.3 is 0 Å². The summed E-state index contributed by atoms with van der Waals surface area (Å²) in [6, 6.07) is 7.48. The Kier molecular flexibility index (Phi) is 3.31. The van der Waals surface area contributed by atoms with Crippen molar-refractivity contribution >= 4 is 11.5 Å². The molecule has 0 saturated carbocycles. The number of hydrogen-bond donors (Lipinski definition) is 1. The maximum Gasteiger partial charge on any atom is 0.119 e. The number of nitrogens with two attached hydrogens (primary N) is 1. The average molecular weight is 178 g/mol. The van der Waals surface area contributed by atoms with Gasteiger partial charge in [-0.3, -0.25) is 0 Å². The van der Waals surface area contributed by atoms with Crippen LogP contribution in [-0.2, 0) is 0 Å². The Morgan fingerprint density at radius 2 is 2.00 bits per heavy atom. The van der Waals surface area contributed by atoms with E-state index in [2.05, 4.69) is 4.99 Å². The SMILES string of the molecule is CCC(N)=Nc1ccc(OC)cc1. The first-order valence-corrected chi connectivity index (χ1v) is 4.23. The first-order chi connectivity index (χ1) is 6.26. The van der Waals surface area contributed by atoms with Gasteiger partial charge in [0, 0.05) is 6.42 Å². The van der Waals surface area contributed by atoms with E-state index in [0.29, 0.717) is 5.84 Å². The Balaban J connectivity index is 2.80. The Bertz CT molecular complexity index is 290. The van der Waals surface area contributed by atoms with Gasteiger partial charge in [-0.05, 0) is 24.3 Å². The molecule has 0 radical (unpaired) electrons. The lowest BCUT2D eigenvalue weighted by Gasteiger charge is -1.99. The molecule has 0 heterocycles. The maximum atomic E-state index is 5.59. The predicted octanol–water partition coefficient (Wildman–Crippen LogP) is 2.09. The fourth-order valence-corrected chi connectivity index (χ4v) is 0.902. The summed E-state index contributed by atoms with van der Waals surface area (Å²) in [6.07, 6.45) is 0.770. The van der Waals surface area contributed by atoms with Gasteiger partial charge in [0.1, 0.15) is 5.75 Å². The van der Waals surface area contributed by atoms with E-state index in [1.54, 1.807) is 7.11 Å². The third-order valence-corrected chi connectivity index (χ3v) is 1.71. The second kappa shape index (κ2) is 4.50. The Morgan fingerprint density at radius 1 is 1.38 bits per heavy atom. The summed E-state index contributed by atoms with van der Waals surface area (Å²) in [7, 11) is 1.64. The van der Waals surface area contributed by atoms with E-state index in [1.165, 1.54) is 0 Å². The van der Waals surface area contributed by atoms with E-state index in [4.69, 9.17) is 10.5 Å². The van der Waals surface area contributed by atoms with E-state index in [9.17, 15) is 0 Å². The zero-order valence-electron chi connectivity index (χ0n) is 7.95. The summed E-state index contributed by atoms with van der Waals surface area (Å²) in [5.41, 5.74) is 6.46. The van der Waals surface area contributed by atoms with Crippen LogP contribution in [0.25, 0.3) is 0 Å². The largest absolute Gasteiger partial charge is 0.497 e. The Morgan fingerprint density at radius 3 is 2.46 bits per heavy atom. The minimum Gasteiger partial charge on any atom is -0.497 e. The molecule has 3 nitrogen and oxygen atoms in total. The fourth-order valence-electron chi connectivity index (χ4n) is 0.902. The topological polar surface area (TPSA) is 47.6 Å². The second-order valence-corrected chi connectivity index (χ2v) is 2.65. The van der Waals surface area contributed by atoms with Gasteiger partial charge in [0.25, 0.3) is 0 Å². The van der Waals surface area contributed by atoms with Gasteiger partial charge in [-0.2, -0.15) is 0 Å². The van der Waals surface area contributed by atoms with E-state index >= 15 is 0 Å². The molecule has 0 unspecified atom stereocenters. The highest BCUT2D eigenvalue weighted by Gasteiger charge is 1.92. The zero-order valence-corrected chi connectivity index (χ0v) is 7.95. The van der Waals surface area contributed by atoms with Crippen molar-refractivity contribution in [2.24, 2.45) is 10.7 Å². The quantitative estimate of drug-likeness (QED) is 0.569. The molecule has 0 amide bonds. The van der Waals surface area contributed by atoms with Gasteiger partial charge in [-0.25, -0.2) is 4.99 Å². The molecule has 0 saturated heterocycles. The van der Waals surface area contributed by atoms with E-state index in [0.717, 1.165) is 17.9 Å². The summed E-state index contributed by atoms with van der Waals surface area (Å²) >= 11 is 0. The minimum atomic E-state index is 0.644. The molecule has 0 spiro atoms.